The van der Waals surface area contributed by atoms with Gasteiger partial charge in [-0.15, -0.1) is 0 Å². The molecule has 6 heteroatoms. The van der Waals surface area contributed by atoms with E-state index >= 15 is 0 Å². The van der Waals surface area contributed by atoms with Crippen LogP contribution in [0.3, 0.4) is 0 Å². The number of aliphatic hydroxyl groups is 1. The zero-order chi connectivity index (χ0) is 10.4. The predicted octanol–water partition coefficient (Wildman–Crippen LogP) is 0.841. The normalized spacial score (nSPS) is 9.86. The van der Waals surface area contributed by atoms with E-state index in [4.69, 9.17) is 16.7 Å². The molecule has 0 aliphatic rings. The molecule has 5 nitrogen and oxygen atoms in total. The van der Waals surface area contributed by atoms with Crippen molar-refractivity contribution < 1.29 is 9.90 Å². The molecule has 76 valence electrons. The van der Waals surface area contributed by atoms with Gasteiger partial charge in [-0.1, -0.05) is 11.6 Å². The van der Waals surface area contributed by atoms with Gasteiger partial charge in [0.1, 0.15) is 5.15 Å². The van der Waals surface area contributed by atoms with Gasteiger partial charge in [-0.05, 0) is 12.5 Å². The van der Waals surface area contributed by atoms with Crippen molar-refractivity contribution in [2.45, 2.75) is 12.8 Å². The van der Waals surface area contributed by atoms with Crippen molar-refractivity contribution in [2.24, 2.45) is 0 Å². The Hall–Kier alpha value is -1.20. The van der Waals surface area contributed by atoms with E-state index in [1.54, 1.807) is 0 Å². The largest absolute Gasteiger partial charge is 0.396 e. The Labute approximate surface area is 86.1 Å². The average molecular weight is 216 g/mol. The van der Waals surface area contributed by atoms with Gasteiger partial charge in [-0.2, -0.15) is 0 Å². The first kappa shape index (κ1) is 10.9. The van der Waals surface area contributed by atoms with Crippen molar-refractivity contribution in [3.63, 3.8) is 0 Å². The van der Waals surface area contributed by atoms with Gasteiger partial charge < -0.3 is 5.11 Å². The Morgan fingerprint density at radius 1 is 1.64 bits per heavy atom. The van der Waals surface area contributed by atoms with Crippen molar-refractivity contribution in [3.8, 4) is 0 Å². The molecule has 0 fully saturated rings. The van der Waals surface area contributed by atoms with Gasteiger partial charge >= 0.3 is 0 Å². The fraction of sp³-hybridized carbons (Fsp3) is 0.375. The zero-order valence-corrected chi connectivity index (χ0v) is 8.16. The number of carbonyl (C=O) groups is 1. The number of amides is 1. The first-order chi connectivity index (χ1) is 6.72. The fourth-order valence-corrected chi connectivity index (χ4v) is 0.960. The highest BCUT2D eigenvalue weighted by Gasteiger charge is 2.03. The smallest absolute Gasteiger partial charge is 0.230 e. The van der Waals surface area contributed by atoms with Gasteiger partial charge in [0.25, 0.3) is 0 Å². The average Bonchev–Trinajstić information content (AvgIpc) is 2.15. The number of nitrogens with one attached hydrogen (secondary N) is 1. The van der Waals surface area contributed by atoms with E-state index in [-0.39, 0.29) is 30.0 Å². The second kappa shape index (κ2) is 5.51. The van der Waals surface area contributed by atoms with Gasteiger partial charge in [0, 0.05) is 19.2 Å². The highest BCUT2D eigenvalue weighted by Crippen LogP contribution is 2.05. The third-order valence-electron chi connectivity index (χ3n) is 1.43. The monoisotopic (exact) mass is 215 g/mol. The SMILES string of the molecule is O=C(CCCO)Nc1nccc(Cl)n1. The molecule has 1 amide bonds. The molecule has 0 spiro atoms. The molecule has 0 saturated heterocycles. The van der Waals surface area contributed by atoms with Gasteiger partial charge in [0.2, 0.25) is 11.9 Å². The molecule has 0 bridgehead atoms. The van der Waals surface area contributed by atoms with Crippen LogP contribution in [0.15, 0.2) is 12.3 Å². The fourth-order valence-electron chi connectivity index (χ4n) is 0.824. The Morgan fingerprint density at radius 3 is 3.07 bits per heavy atom. The summed E-state index contributed by atoms with van der Waals surface area (Å²) in [4.78, 5) is 18.7. The number of aromatic nitrogens is 2. The van der Waals surface area contributed by atoms with Crippen molar-refractivity contribution in [1.82, 2.24) is 9.97 Å². The van der Waals surface area contributed by atoms with E-state index in [2.05, 4.69) is 15.3 Å². The molecule has 0 aliphatic carbocycles. The van der Waals surface area contributed by atoms with Crippen LogP contribution in [-0.2, 0) is 4.79 Å². The molecule has 0 aliphatic heterocycles. The Balaban J connectivity index is 2.47. The number of halogens is 1. The standard InChI is InChI=1S/C8H10ClN3O2/c9-6-3-4-10-8(11-6)12-7(14)2-1-5-13/h3-4,13H,1-2,5H2,(H,10,11,12,14). The number of hydrogen-bond acceptors (Lipinski definition) is 4. The summed E-state index contributed by atoms with van der Waals surface area (Å²) < 4.78 is 0. The molecule has 1 rings (SSSR count). The molecule has 2 N–H and O–H groups in total. The molecule has 1 aromatic rings. The summed E-state index contributed by atoms with van der Waals surface area (Å²) in [6.07, 6.45) is 2.12. The Bertz CT molecular complexity index is 319. The van der Waals surface area contributed by atoms with Crippen LogP contribution in [0.2, 0.25) is 5.15 Å². The summed E-state index contributed by atoms with van der Waals surface area (Å²) in [7, 11) is 0. The van der Waals surface area contributed by atoms with Crippen LogP contribution >= 0.6 is 11.6 Å². The Kier molecular flexibility index (Phi) is 4.28. The molecule has 0 unspecified atom stereocenters. The van der Waals surface area contributed by atoms with Crippen molar-refractivity contribution in [1.29, 1.82) is 0 Å². The minimum Gasteiger partial charge on any atom is -0.396 e. The van der Waals surface area contributed by atoms with Crippen LogP contribution < -0.4 is 5.32 Å². The van der Waals surface area contributed by atoms with Gasteiger partial charge in [0.05, 0.1) is 0 Å². The van der Waals surface area contributed by atoms with Crippen LogP contribution in [0.1, 0.15) is 12.8 Å². The maximum Gasteiger partial charge on any atom is 0.230 e. The summed E-state index contributed by atoms with van der Waals surface area (Å²) >= 11 is 5.59. The maximum atomic E-state index is 11.1. The lowest BCUT2D eigenvalue weighted by molar-refractivity contribution is -0.116. The van der Waals surface area contributed by atoms with Crippen LogP contribution in [0.25, 0.3) is 0 Å². The number of rotatable bonds is 4. The highest BCUT2D eigenvalue weighted by atomic mass is 35.5. The summed E-state index contributed by atoms with van der Waals surface area (Å²) in [6, 6.07) is 1.52. The van der Waals surface area contributed by atoms with Crippen molar-refractivity contribution in [3.05, 3.63) is 17.4 Å². The summed E-state index contributed by atoms with van der Waals surface area (Å²) in [5.41, 5.74) is 0. The lowest BCUT2D eigenvalue weighted by atomic mass is 10.3. The summed E-state index contributed by atoms with van der Waals surface area (Å²) in [5.74, 6) is -0.0539. The van der Waals surface area contributed by atoms with Gasteiger partial charge in [0.15, 0.2) is 0 Å². The molecular weight excluding hydrogens is 206 g/mol. The topological polar surface area (TPSA) is 75.1 Å². The van der Waals surface area contributed by atoms with E-state index < -0.39 is 0 Å². The zero-order valence-electron chi connectivity index (χ0n) is 7.40. The summed E-state index contributed by atoms with van der Waals surface area (Å²) in [5, 5.41) is 11.2. The van der Waals surface area contributed by atoms with Crippen molar-refractivity contribution in [2.75, 3.05) is 11.9 Å². The molecule has 0 atom stereocenters. The second-order valence-electron chi connectivity index (χ2n) is 2.58. The number of nitrogens with zero attached hydrogens (tertiary/aromatic N) is 2. The number of anilines is 1. The number of hydrogen-bond donors (Lipinski definition) is 2. The predicted molar refractivity (Wildman–Crippen MR) is 52.0 cm³/mol. The van der Waals surface area contributed by atoms with Crippen LogP contribution in [-0.4, -0.2) is 27.6 Å². The molecule has 0 aromatic carbocycles. The molecule has 0 radical (unpaired) electrons. The molecule has 1 aromatic heterocycles. The molecular formula is C8H10ClN3O2. The van der Waals surface area contributed by atoms with E-state index in [0.29, 0.717) is 6.42 Å². The second-order valence-corrected chi connectivity index (χ2v) is 2.97. The third-order valence-corrected chi connectivity index (χ3v) is 1.65. The maximum absolute atomic E-state index is 11.1. The van der Waals surface area contributed by atoms with Crippen LogP contribution in [0.5, 0.6) is 0 Å². The van der Waals surface area contributed by atoms with Gasteiger partial charge in [-0.3, -0.25) is 10.1 Å². The minimum absolute atomic E-state index is 0.0101. The number of carbonyl (C=O) groups excluding carboxylic acids is 1. The lowest BCUT2D eigenvalue weighted by Gasteiger charge is -2.01. The quantitative estimate of drug-likeness (QED) is 0.730. The minimum atomic E-state index is -0.235. The Morgan fingerprint density at radius 2 is 2.43 bits per heavy atom. The van der Waals surface area contributed by atoms with E-state index in [1.807, 2.05) is 0 Å². The van der Waals surface area contributed by atoms with Crippen molar-refractivity contribution >= 4 is 23.5 Å². The van der Waals surface area contributed by atoms with E-state index in [9.17, 15) is 4.79 Å². The van der Waals surface area contributed by atoms with E-state index in [1.165, 1.54) is 12.3 Å². The molecule has 14 heavy (non-hydrogen) atoms. The first-order valence-electron chi connectivity index (χ1n) is 4.11. The highest BCUT2D eigenvalue weighted by molar-refractivity contribution is 6.29. The third kappa shape index (κ3) is 3.68. The molecule has 1 heterocycles. The van der Waals surface area contributed by atoms with E-state index in [0.717, 1.165) is 0 Å². The number of aliphatic hydroxyl groups excluding tert-OH is 1. The first-order valence-corrected chi connectivity index (χ1v) is 4.49. The molecule has 0 saturated carbocycles. The van der Waals surface area contributed by atoms with Crippen LogP contribution in [0.4, 0.5) is 5.95 Å². The summed E-state index contributed by atoms with van der Waals surface area (Å²) in [6.45, 7) is -0.0101. The lowest BCUT2D eigenvalue weighted by Crippen LogP contribution is -2.13. The van der Waals surface area contributed by atoms with Gasteiger partial charge in [-0.25, -0.2) is 9.97 Å². The van der Waals surface area contributed by atoms with Crippen LogP contribution in [0, 0.1) is 0 Å².